The molecular formula is C7H10O4. The molecule has 1 N–H and O–H groups in total. The lowest BCUT2D eigenvalue weighted by molar-refractivity contribution is -0.252. The molecule has 2 atom stereocenters. The zero-order chi connectivity index (χ0) is 8.06. The van der Waals surface area contributed by atoms with E-state index in [4.69, 9.17) is 9.47 Å². The van der Waals surface area contributed by atoms with Crippen molar-refractivity contribution in [1.82, 2.24) is 0 Å². The number of carbonyl (C=O) groups excluding carboxylic acids is 1. The van der Waals surface area contributed by atoms with Crippen molar-refractivity contribution in [1.29, 1.82) is 0 Å². The van der Waals surface area contributed by atoms with Crippen LogP contribution in [0.5, 0.6) is 0 Å². The minimum atomic E-state index is -0.921. The van der Waals surface area contributed by atoms with Crippen molar-refractivity contribution in [2.24, 2.45) is 0 Å². The number of esters is 1. The molecule has 0 amide bonds. The van der Waals surface area contributed by atoms with E-state index in [0.717, 1.165) is 0 Å². The van der Waals surface area contributed by atoms with Crippen molar-refractivity contribution in [2.75, 3.05) is 0 Å². The molecule has 4 heteroatoms. The minimum absolute atomic E-state index is 0.368. The quantitative estimate of drug-likeness (QED) is 0.496. The van der Waals surface area contributed by atoms with Gasteiger partial charge in [0.05, 0.1) is 0 Å². The van der Waals surface area contributed by atoms with Gasteiger partial charge in [-0.1, -0.05) is 0 Å². The van der Waals surface area contributed by atoms with Crippen LogP contribution in [0.4, 0.5) is 0 Å². The topological polar surface area (TPSA) is 55.8 Å². The average molecular weight is 158 g/mol. The van der Waals surface area contributed by atoms with Crippen LogP contribution in [-0.2, 0) is 14.3 Å². The highest BCUT2D eigenvalue weighted by Crippen LogP contribution is 2.45. The Labute approximate surface area is 64.1 Å². The monoisotopic (exact) mass is 158 g/mol. The molecule has 1 saturated carbocycles. The second-order valence-corrected chi connectivity index (χ2v) is 3.12. The van der Waals surface area contributed by atoms with Gasteiger partial charge in [0.2, 0.25) is 0 Å². The predicted molar refractivity (Wildman–Crippen MR) is 34.6 cm³/mol. The Bertz CT molecular complexity index is 197. The standard InChI is InChI=1S/C7H10O4/c1-4-5(8)11-7(2-3-7)6(9)10-4/h4,6,9H,2-3H2,1H3/t4-,6?/m1/s1. The van der Waals surface area contributed by atoms with E-state index in [1.54, 1.807) is 6.92 Å². The van der Waals surface area contributed by atoms with Gasteiger partial charge in [-0.05, 0) is 19.8 Å². The molecule has 2 aliphatic rings. The molecule has 62 valence electrons. The van der Waals surface area contributed by atoms with E-state index >= 15 is 0 Å². The lowest BCUT2D eigenvalue weighted by atomic mass is 10.2. The van der Waals surface area contributed by atoms with E-state index in [-0.39, 0.29) is 5.97 Å². The summed E-state index contributed by atoms with van der Waals surface area (Å²) < 4.78 is 9.95. The van der Waals surface area contributed by atoms with E-state index in [1.807, 2.05) is 0 Å². The number of ether oxygens (including phenoxy) is 2. The highest BCUT2D eigenvalue weighted by Gasteiger charge is 2.58. The summed E-state index contributed by atoms with van der Waals surface area (Å²) in [6.45, 7) is 1.57. The fraction of sp³-hybridized carbons (Fsp3) is 0.857. The summed E-state index contributed by atoms with van der Waals surface area (Å²) in [6, 6.07) is 0. The molecule has 2 fully saturated rings. The summed E-state index contributed by atoms with van der Waals surface area (Å²) in [5, 5.41) is 9.29. The maximum Gasteiger partial charge on any atom is 0.335 e. The van der Waals surface area contributed by atoms with Crippen LogP contribution < -0.4 is 0 Å². The molecule has 11 heavy (non-hydrogen) atoms. The fourth-order valence-corrected chi connectivity index (χ4v) is 1.18. The zero-order valence-electron chi connectivity index (χ0n) is 6.24. The second-order valence-electron chi connectivity index (χ2n) is 3.12. The number of aliphatic hydroxyl groups excluding tert-OH is 1. The van der Waals surface area contributed by atoms with Gasteiger partial charge < -0.3 is 14.6 Å². The molecule has 0 radical (unpaired) electrons. The van der Waals surface area contributed by atoms with Crippen LogP contribution in [0.1, 0.15) is 19.8 Å². The van der Waals surface area contributed by atoms with Crippen molar-refractivity contribution < 1.29 is 19.4 Å². The fourth-order valence-electron chi connectivity index (χ4n) is 1.18. The normalized spacial score (nSPS) is 40.4. The molecule has 2 rings (SSSR count). The van der Waals surface area contributed by atoms with Crippen molar-refractivity contribution in [2.45, 2.75) is 37.8 Å². The van der Waals surface area contributed by atoms with Crippen LogP contribution in [-0.4, -0.2) is 29.1 Å². The molecule has 0 aromatic rings. The third kappa shape index (κ3) is 0.937. The van der Waals surface area contributed by atoms with Gasteiger partial charge in [-0.2, -0.15) is 0 Å². The third-order valence-electron chi connectivity index (χ3n) is 2.16. The first-order valence-electron chi connectivity index (χ1n) is 3.70. The molecule has 1 unspecified atom stereocenters. The predicted octanol–water partition coefficient (Wildman–Crippen LogP) is -0.201. The van der Waals surface area contributed by atoms with Crippen molar-refractivity contribution >= 4 is 5.97 Å². The van der Waals surface area contributed by atoms with Gasteiger partial charge >= 0.3 is 5.97 Å². The van der Waals surface area contributed by atoms with E-state index in [1.165, 1.54) is 0 Å². The van der Waals surface area contributed by atoms with E-state index in [0.29, 0.717) is 12.8 Å². The Kier molecular flexibility index (Phi) is 1.25. The first-order valence-corrected chi connectivity index (χ1v) is 3.70. The van der Waals surface area contributed by atoms with Crippen LogP contribution in [0.3, 0.4) is 0 Å². The first kappa shape index (κ1) is 7.06. The summed E-state index contributed by atoms with van der Waals surface area (Å²) in [6.07, 6.45) is -0.120. The molecule has 1 heterocycles. The highest BCUT2D eigenvalue weighted by atomic mass is 16.7. The lowest BCUT2D eigenvalue weighted by Gasteiger charge is -2.31. The molecule has 0 aromatic heterocycles. The van der Waals surface area contributed by atoms with Gasteiger partial charge in [-0.3, -0.25) is 0 Å². The largest absolute Gasteiger partial charge is 0.452 e. The van der Waals surface area contributed by atoms with Crippen molar-refractivity contribution in [3.63, 3.8) is 0 Å². The van der Waals surface area contributed by atoms with Gasteiger partial charge in [0.25, 0.3) is 0 Å². The van der Waals surface area contributed by atoms with Gasteiger partial charge in [0, 0.05) is 0 Å². The van der Waals surface area contributed by atoms with Crippen LogP contribution >= 0.6 is 0 Å². The lowest BCUT2D eigenvalue weighted by Crippen LogP contribution is -2.47. The molecule has 0 aromatic carbocycles. The molecule has 1 aliphatic carbocycles. The summed E-state index contributed by atoms with van der Waals surface area (Å²) in [5.41, 5.74) is -0.677. The van der Waals surface area contributed by atoms with E-state index in [2.05, 4.69) is 0 Å². The maximum absolute atomic E-state index is 10.9. The van der Waals surface area contributed by atoms with Crippen LogP contribution in [0.15, 0.2) is 0 Å². The Morgan fingerprint density at radius 3 is 2.82 bits per heavy atom. The van der Waals surface area contributed by atoms with Gasteiger partial charge in [-0.25, -0.2) is 4.79 Å². The molecule has 1 saturated heterocycles. The summed E-state index contributed by atoms with van der Waals surface area (Å²) in [5.74, 6) is -0.368. The Morgan fingerprint density at radius 2 is 2.27 bits per heavy atom. The van der Waals surface area contributed by atoms with Crippen molar-refractivity contribution in [3.8, 4) is 0 Å². The first-order chi connectivity index (χ1) is 5.14. The number of rotatable bonds is 0. The molecule has 1 spiro atoms. The van der Waals surface area contributed by atoms with Gasteiger partial charge in [0.15, 0.2) is 18.0 Å². The molecule has 4 nitrogen and oxygen atoms in total. The molecule has 1 aliphatic heterocycles. The summed E-state index contributed by atoms with van der Waals surface area (Å²) in [4.78, 5) is 10.9. The molecule has 0 bridgehead atoms. The Morgan fingerprint density at radius 1 is 1.64 bits per heavy atom. The molecular weight excluding hydrogens is 148 g/mol. The van der Waals surface area contributed by atoms with Crippen LogP contribution in [0.25, 0.3) is 0 Å². The SMILES string of the molecule is C[C@H]1OC(O)C2(CC2)OC1=O. The Hall–Kier alpha value is -0.610. The van der Waals surface area contributed by atoms with Crippen LogP contribution in [0.2, 0.25) is 0 Å². The Balaban J connectivity index is 2.12. The van der Waals surface area contributed by atoms with Crippen LogP contribution in [0, 0.1) is 0 Å². The maximum atomic E-state index is 10.9. The van der Waals surface area contributed by atoms with E-state index < -0.39 is 18.0 Å². The highest BCUT2D eigenvalue weighted by molar-refractivity contribution is 5.75. The number of hydrogen-bond acceptors (Lipinski definition) is 4. The minimum Gasteiger partial charge on any atom is -0.452 e. The number of aliphatic hydroxyl groups is 1. The number of hydrogen-bond donors (Lipinski definition) is 1. The van der Waals surface area contributed by atoms with E-state index in [9.17, 15) is 9.90 Å². The third-order valence-corrected chi connectivity index (χ3v) is 2.16. The number of carbonyl (C=O) groups is 1. The average Bonchev–Trinajstić information content (AvgIpc) is 2.66. The van der Waals surface area contributed by atoms with Crippen molar-refractivity contribution in [3.05, 3.63) is 0 Å². The zero-order valence-corrected chi connectivity index (χ0v) is 6.24. The summed E-state index contributed by atoms with van der Waals surface area (Å²) >= 11 is 0. The second kappa shape index (κ2) is 1.95. The smallest absolute Gasteiger partial charge is 0.335 e. The van der Waals surface area contributed by atoms with Gasteiger partial charge in [0.1, 0.15) is 0 Å². The van der Waals surface area contributed by atoms with Gasteiger partial charge in [-0.15, -0.1) is 0 Å². The summed E-state index contributed by atoms with van der Waals surface area (Å²) in [7, 11) is 0.